The highest BCUT2D eigenvalue weighted by molar-refractivity contribution is 6.18. The van der Waals surface area contributed by atoms with Crippen LogP contribution < -0.4 is 0 Å². The summed E-state index contributed by atoms with van der Waals surface area (Å²) >= 11 is 0. The second-order valence-corrected chi connectivity index (χ2v) is 4.18. The van der Waals surface area contributed by atoms with Crippen LogP contribution in [0.1, 0.15) is 12.8 Å². The van der Waals surface area contributed by atoms with Gasteiger partial charge in [0.2, 0.25) is 11.6 Å². The zero-order valence-corrected chi connectivity index (χ0v) is 9.47. The summed E-state index contributed by atoms with van der Waals surface area (Å²) in [7, 11) is 0. The van der Waals surface area contributed by atoms with Crippen LogP contribution in [0.2, 0.25) is 0 Å². The predicted molar refractivity (Wildman–Crippen MR) is 48.4 cm³/mol. The van der Waals surface area contributed by atoms with Gasteiger partial charge in [0.25, 0.3) is 0 Å². The number of carbonyl (C=O) groups excluding carboxylic acids is 4. The van der Waals surface area contributed by atoms with E-state index in [1.807, 2.05) is 0 Å². The molecular weight excluding hydrogens is 298 g/mol. The van der Waals surface area contributed by atoms with E-state index in [0.717, 1.165) is 0 Å². The molecule has 2 atom stereocenters. The Morgan fingerprint density at radius 1 is 0.800 bits per heavy atom. The van der Waals surface area contributed by atoms with Gasteiger partial charge in [-0.2, -0.15) is 26.3 Å². The van der Waals surface area contributed by atoms with E-state index in [2.05, 4.69) is 0 Å². The lowest BCUT2D eigenvalue weighted by Crippen LogP contribution is -2.48. The molecule has 0 aromatic heterocycles. The number of halogens is 6. The normalized spacial score (nSPS) is 24.7. The second kappa shape index (κ2) is 4.98. The van der Waals surface area contributed by atoms with Crippen molar-refractivity contribution in [2.45, 2.75) is 25.2 Å². The first-order chi connectivity index (χ1) is 8.85. The third-order valence-electron chi connectivity index (χ3n) is 2.74. The van der Waals surface area contributed by atoms with Crippen molar-refractivity contribution >= 4 is 23.1 Å². The Kier molecular flexibility index (Phi) is 4.07. The van der Waals surface area contributed by atoms with Crippen LogP contribution in [0.4, 0.5) is 26.3 Å². The van der Waals surface area contributed by atoms with Crippen molar-refractivity contribution in [3.63, 3.8) is 0 Å². The van der Waals surface area contributed by atoms with Crippen molar-refractivity contribution in [1.82, 2.24) is 0 Å². The quantitative estimate of drug-likeness (QED) is 0.571. The molecule has 0 saturated heterocycles. The first-order valence-electron chi connectivity index (χ1n) is 5.13. The minimum absolute atomic E-state index is 1.14. The average Bonchev–Trinajstić information content (AvgIpc) is 2.27. The van der Waals surface area contributed by atoms with E-state index in [4.69, 9.17) is 0 Å². The van der Waals surface area contributed by atoms with Crippen LogP contribution in [0.25, 0.3) is 0 Å². The molecule has 0 amide bonds. The Balaban J connectivity index is 3.09. The van der Waals surface area contributed by atoms with Crippen LogP contribution in [-0.2, 0) is 19.2 Å². The van der Waals surface area contributed by atoms with E-state index in [1.165, 1.54) is 0 Å². The first kappa shape index (κ1) is 16.3. The van der Waals surface area contributed by atoms with Crippen LogP contribution in [0.5, 0.6) is 0 Å². The fourth-order valence-corrected chi connectivity index (χ4v) is 1.82. The number of ketones is 4. The third kappa shape index (κ3) is 3.23. The maximum absolute atomic E-state index is 12.2. The summed E-state index contributed by atoms with van der Waals surface area (Å²) in [6.45, 7) is 0. The van der Waals surface area contributed by atoms with Gasteiger partial charge in [-0.1, -0.05) is 0 Å². The van der Waals surface area contributed by atoms with Crippen molar-refractivity contribution in [1.29, 1.82) is 0 Å². The summed E-state index contributed by atoms with van der Waals surface area (Å²) in [5.41, 5.74) is 0. The van der Waals surface area contributed by atoms with Crippen molar-refractivity contribution in [2.24, 2.45) is 11.8 Å². The molecule has 0 aliphatic heterocycles. The van der Waals surface area contributed by atoms with E-state index in [0.29, 0.717) is 0 Å². The lowest BCUT2D eigenvalue weighted by atomic mass is 9.75. The van der Waals surface area contributed by atoms with Crippen LogP contribution in [0, 0.1) is 11.8 Å². The predicted octanol–water partition coefficient (Wildman–Crippen LogP) is 1.41. The van der Waals surface area contributed by atoms with Gasteiger partial charge in [0, 0.05) is 12.8 Å². The number of alkyl halides is 6. The Hall–Kier alpha value is -1.74. The summed E-state index contributed by atoms with van der Waals surface area (Å²) in [6, 6.07) is 0. The van der Waals surface area contributed by atoms with Gasteiger partial charge in [-0.05, 0) is 0 Å². The highest BCUT2D eigenvalue weighted by Gasteiger charge is 2.55. The Morgan fingerprint density at radius 3 is 1.35 bits per heavy atom. The van der Waals surface area contributed by atoms with Crippen molar-refractivity contribution in [2.75, 3.05) is 0 Å². The first-order valence-corrected chi connectivity index (χ1v) is 5.13. The van der Waals surface area contributed by atoms with Crippen molar-refractivity contribution < 1.29 is 45.5 Å². The maximum atomic E-state index is 12.2. The topological polar surface area (TPSA) is 68.3 Å². The minimum atomic E-state index is -5.47. The maximum Gasteiger partial charge on any atom is 0.450 e. The summed E-state index contributed by atoms with van der Waals surface area (Å²) in [4.78, 5) is 44.4. The molecule has 0 bridgehead atoms. The molecule has 0 aromatic carbocycles. The van der Waals surface area contributed by atoms with Gasteiger partial charge in [0.1, 0.15) is 5.78 Å². The molecule has 0 aromatic rings. The third-order valence-corrected chi connectivity index (χ3v) is 2.74. The van der Waals surface area contributed by atoms with Gasteiger partial charge in [0.15, 0.2) is 5.78 Å². The van der Waals surface area contributed by atoms with Crippen LogP contribution in [-0.4, -0.2) is 35.5 Å². The molecule has 0 heterocycles. The average molecular weight is 304 g/mol. The van der Waals surface area contributed by atoms with Gasteiger partial charge in [0.05, 0.1) is 11.8 Å². The second-order valence-electron chi connectivity index (χ2n) is 4.18. The fraction of sp³-hybridized carbons (Fsp3) is 0.600. The zero-order valence-electron chi connectivity index (χ0n) is 9.47. The number of hydrogen-bond donors (Lipinski definition) is 0. The molecule has 0 N–H and O–H groups in total. The SMILES string of the molecule is O=C1CC(C(=O)C(F)(F)F)C(=O)C(C(=O)C(F)(F)F)C1. The number of hydrogen-bond acceptors (Lipinski definition) is 4. The lowest BCUT2D eigenvalue weighted by molar-refractivity contribution is -0.184. The highest BCUT2D eigenvalue weighted by Crippen LogP contribution is 2.34. The van der Waals surface area contributed by atoms with E-state index in [1.54, 1.807) is 0 Å². The highest BCUT2D eigenvalue weighted by atomic mass is 19.4. The van der Waals surface area contributed by atoms with Gasteiger partial charge < -0.3 is 0 Å². The van der Waals surface area contributed by atoms with E-state index in [9.17, 15) is 45.5 Å². The molecule has 0 spiro atoms. The van der Waals surface area contributed by atoms with E-state index >= 15 is 0 Å². The summed E-state index contributed by atoms with van der Waals surface area (Å²) < 4.78 is 73.1. The lowest BCUT2D eigenvalue weighted by Gasteiger charge is -2.26. The molecule has 0 radical (unpaired) electrons. The smallest absolute Gasteiger partial charge is 0.300 e. The van der Waals surface area contributed by atoms with Crippen LogP contribution >= 0.6 is 0 Å². The van der Waals surface area contributed by atoms with E-state index < -0.39 is 60.2 Å². The molecule has 1 rings (SSSR count). The Labute approximate surface area is 107 Å². The van der Waals surface area contributed by atoms with Crippen molar-refractivity contribution in [3.8, 4) is 0 Å². The van der Waals surface area contributed by atoms with Crippen molar-refractivity contribution in [3.05, 3.63) is 0 Å². The van der Waals surface area contributed by atoms with Crippen LogP contribution in [0.3, 0.4) is 0 Å². The molecule has 112 valence electrons. The zero-order chi connectivity index (χ0) is 15.9. The summed E-state index contributed by atoms with van der Waals surface area (Å²) in [6.07, 6.45) is -13.2. The number of carbonyl (C=O) groups is 4. The molecule has 10 heteroatoms. The molecule has 1 fully saturated rings. The summed E-state index contributed by atoms with van der Waals surface area (Å²) in [5.74, 6) is -13.4. The molecule has 1 aliphatic carbocycles. The van der Waals surface area contributed by atoms with Gasteiger partial charge in [-0.3, -0.25) is 19.2 Å². The van der Waals surface area contributed by atoms with Crippen LogP contribution in [0.15, 0.2) is 0 Å². The summed E-state index contributed by atoms with van der Waals surface area (Å²) in [5, 5.41) is 0. The molecule has 1 saturated carbocycles. The molecule has 4 nitrogen and oxygen atoms in total. The molecule has 2 unspecified atom stereocenters. The standard InChI is InChI=1S/C10H6F6O4/c11-9(12,13)7(19)4-1-3(17)2-5(6(4)18)8(20)10(14,15)16/h4-5H,1-2H2. The number of Topliss-reactive ketones (excluding diaryl/α,β-unsaturated/α-hetero) is 4. The van der Waals surface area contributed by atoms with Gasteiger partial charge in [-0.25, -0.2) is 0 Å². The Morgan fingerprint density at radius 2 is 1.10 bits per heavy atom. The van der Waals surface area contributed by atoms with Gasteiger partial charge in [-0.15, -0.1) is 0 Å². The largest absolute Gasteiger partial charge is 0.450 e. The molecule has 1 aliphatic rings. The molecular formula is C10H6F6O4. The number of rotatable bonds is 2. The van der Waals surface area contributed by atoms with E-state index in [-0.39, 0.29) is 0 Å². The fourth-order valence-electron chi connectivity index (χ4n) is 1.82. The molecule has 20 heavy (non-hydrogen) atoms. The Bertz CT molecular complexity index is 435. The van der Waals surface area contributed by atoms with Gasteiger partial charge >= 0.3 is 12.4 Å². The monoisotopic (exact) mass is 304 g/mol. The minimum Gasteiger partial charge on any atom is -0.300 e.